The summed E-state index contributed by atoms with van der Waals surface area (Å²) in [5.74, 6) is 1.14. The molecule has 140 valence electrons. The number of thiophene rings is 1. The third kappa shape index (κ3) is 3.95. The largest absolute Gasteiger partial charge is 0.440 e. The van der Waals surface area contributed by atoms with E-state index in [1.165, 1.54) is 11.3 Å². The number of carbonyl (C=O) groups is 2. The van der Waals surface area contributed by atoms with E-state index in [2.05, 4.69) is 4.98 Å². The summed E-state index contributed by atoms with van der Waals surface area (Å²) in [4.78, 5) is 33.0. The molecule has 4 rings (SSSR count). The molecule has 3 aromatic rings. The lowest BCUT2D eigenvalue weighted by Gasteiger charge is -2.30. The second kappa shape index (κ2) is 7.64. The topological polar surface area (TPSA) is 63.4 Å². The number of carbonyl (C=O) groups excluding carboxylic acids is 2. The molecule has 0 spiro atoms. The van der Waals surface area contributed by atoms with Crippen LogP contribution in [-0.2, 0) is 4.79 Å². The van der Waals surface area contributed by atoms with Crippen LogP contribution in [0.4, 0.5) is 0 Å². The van der Waals surface area contributed by atoms with Gasteiger partial charge in [0.1, 0.15) is 5.52 Å². The van der Waals surface area contributed by atoms with Crippen molar-refractivity contribution in [3.05, 3.63) is 52.0 Å². The van der Waals surface area contributed by atoms with Gasteiger partial charge in [-0.3, -0.25) is 9.59 Å². The van der Waals surface area contributed by atoms with Crippen molar-refractivity contribution in [1.82, 2.24) is 9.88 Å². The van der Waals surface area contributed by atoms with E-state index in [4.69, 9.17) is 4.42 Å². The monoisotopic (exact) mass is 382 g/mol. The predicted octanol–water partition coefficient (Wildman–Crippen LogP) is 4.57. The number of likely N-dealkylation sites (tertiary alicyclic amines) is 1. The summed E-state index contributed by atoms with van der Waals surface area (Å²) >= 11 is 1.49. The standard InChI is InChI=1S/C21H22N2O3S/c1-14-6-8-19(27-14)17(24)7-9-20(25)23-12-10-15(11-13-23)21-22-16-4-2-3-5-18(16)26-21/h2-6,8,15H,7,9-13H2,1H3. The molecule has 0 bridgehead atoms. The molecule has 0 radical (unpaired) electrons. The summed E-state index contributed by atoms with van der Waals surface area (Å²) in [6.07, 6.45) is 2.25. The lowest BCUT2D eigenvalue weighted by Crippen LogP contribution is -2.38. The molecule has 1 aromatic carbocycles. The van der Waals surface area contributed by atoms with Gasteiger partial charge in [-0.25, -0.2) is 4.98 Å². The number of oxazole rings is 1. The Hall–Kier alpha value is -2.47. The second-order valence-electron chi connectivity index (χ2n) is 7.01. The molecule has 0 N–H and O–H groups in total. The number of rotatable bonds is 5. The van der Waals surface area contributed by atoms with Gasteiger partial charge < -0.3 is 9.32 Å². The highest BCUT2D eigenvalue weighted by Crippen LogP contribution is 2.30. The minimum absolute atomic E-state index is 0.0582. The Bertz CT molecular complexity index is 934. The van der Waals surface area contributed by atoms with Gasteiger partial charge in [-0.1, -0.05) is 12.1 Å². The zero-order valence-electron chi connectivity index (χ0n) is 15.3. The first-order valence-electron chi connectivity index (χ1n) is 9.33. The predicted molar refractivity (Wildman–Crippen MR) is 105 cm³/mol. The minimum Gasteiger partial charge on any atom is -0.440 e. The normalized spacial score (nSPS) is 15.4. The second-order valence-corrected chi connectivity index (χ2v) is 8.30. The van der Waals surface area contributed by atoms with Gasteiger partial charge in [-0.2, -0.15) is 0 Å². The number of aromatic nitrogens is 1. The van der Waals surface area contributed by atoms with Crippen LogP contribution >= 0.6 is 11.3 Å². The van der Waals surface area contributed by atoms with Crippen LogP contribution in [0.3, 0.4) is 0 Å². The van der Waals surface area contributed by atoms with Crippen molar-refractivity contribution in [3.63, 3.8) is 0 Å². The first kappa shape index (κ1) is 17.9. The quantitative estimate of drug-likeness (QED) is 0.607. The van der Waals surface area contributed by atoms with Crippen LogP contribution in [-0.4, -0.2) is 34.7 Å². The highest BCUT2D eigenvalue weighted by atomic mass is 32.1. The zero-order valence-corrected chi connectivity index (χ0v) is 16.1. The van der Waals surface area contributed by atoms with Crippen LogP contribution in [0.1, 0.15) is 52.0 Å². The highest BCUT2D eigenvalue weighted by Gasteiger charge is 2.27. The van der Waals surface area contributed by atoms with E-state index in [1.54, 1.807) is 0 Å². The minimum atomic E-state index is 0.0582. The van der Waals surface area contributed by atoms with Crippen molar-refractivity contribution in [2.45, 2.75) is 38.5 Å². The maximum absolute atomic E-state index is 12.5. The number of hydrogen-bond donors (Lipinski definition) is 0. The molecule has 1 saturated heterocycles. The first-order valence-corrected chi connectivity index (χ1v) is 10.1. The van der Waals surface area contributed by atoms with Crippen molar-refractivity contribution < 1.29 is 14.0 Å². The molecule has 3 heterocycles. The van der Waals surface area contributed by atoms with Crippen LogP contribution in [0.15, 0.2) is 40.8 Å². The lowest BCUT2D eigenvalue weighted by molar-refractivity contribution is -0.132. The van der Waals surface area contributed by atoms with E-state index in [9.17, 15) is 9.59 Å². The summed E-state index contributed by atoms with van der Waals surface area (Å²) in [5, 5.41) is 0. The van der Waals surface area contributed by atoms with Crippen LogP contribution in [0.5, 0.6) is 0 Å². The number of ketones is 1. The third-order valence-electron chi connectivity index (χ3n) is 5.09. The van der Waals surface area contributed by atoms with Crippen molar-refractivity contribution in [2.24, 2.45) is 0 Å². The van der Waals surface area contributed by atoms with E-state index in [0.717, 1.165) is 39.6 Å². The Balaban J connectivity index is 1.29. The number of amides is 1. The van der Waals surface area contributed by atoms with E-state index >= 15 is 0 Å². The fraction of sp³-hybridized carbons (Fsp3) is 0.381. The van der Waals surface area contributed by atoms with Gasteiger partial charge in [0.05, 0.1) is 4.88 Å². The molecule has 0 saturated carbocycles. The van der Waals surface area contributed by atoms with Gasteiger partial charge in [-0.05, 0) is 44.0 Å². The van der Waals surface area contributed by atoms with Gasteiger partial charge in [0.2, 0.25) is 5.91 Å². The number of aryl methyl sites for hydroxylation is 1. The van der Waals surface area contributed by atoms with Crippen molar-refractivity contribution >= 4 is 34.1 Å². The average molecular weight is 382 g/mol. The number of Topliss-reactive ketones (excluding diaryl/α,β-unsaturated/α-hetero) is 1. The number of para-hydroxylation sites is 2. The molecule has 1 fully saturated rings. The molecule has 1 amide bonds. The number of hydrogen-bond acceptors (Lipinski definition) is 5. The van der Waals surface area contributed by atoms with Crippen LogP contribution in [0.25, 0.3) is 11.1 Å². The fourth-order valence-electron chi connectivity index (χ4n) is 3.53. The van der Waals surface area contributed by atoms with Crippen LogP contribution in [0, 0.1) is 6.92 Å². The number of fused-ring (bicyclic) bond motifs is 1. The molecule has 0 unspecified atom stereocenters. The van der Waals surface area contributed by atoms with Gasteiger partial charge in [0, 0.05) is 36.7 Å². The molecule has 1 aliphatic rings. The number of benzene rings is 1. The molecule has 6 heteroatoms. The van der Waals surface area contributed by atoms with Crippen LogP contribution in [0.2, 0.25) is 0 Å². The molecule has 2 aromatic heterocycles. The summed E-state index contributed by atoms with van der Waals surface area (Å²) in [7, 11) is 0. The molecule has 5 nitrogen and oxygen atoms in total. The Morgan fingerprint density at radius 2 is 1.93 bits per heavy atom. The molecular formula is C21H22N2O3S. The molecule has 0 aliphatic carbocycles. The maximum atomic E-state index is 12.5. The molecule has 0 atom stereocenters. The SMILES string of the molecule is Cc1ccc(C(=O)CCC(=O)N2CCC(c3nc4ccccc4o3)CC2)s1. The van der Waals surface area contributed by atoms with E-state index in [0.29, 0.717) is 13.1 Å². The number of piperidine rings is 1. The van der Waals surface area contributed by atoms with Gasteiger partial charge in [0.25, 0.3) is 0 Å². The van der Waals surface area contributed by atoms with Crippen molar-refractivity contribution in [1.29, 1.82) is 0 Å². The van der Waals surface area contributed by atoms with E-state index in [-0.39, 0.29) is 30.4 Å². The van der Waals surface area contributed by atoms with E-state index in [1.807, 2.05) is 48.2 Å². The lowest BCUT2D eigenvalue weighted by atomic mass is 9.96. The van der Waals surface area contributed by atoms with Crippen molar-refractivity contribution in [2.75, 3.05) is 13.1 Å². The first-order chi connectivity index (χ1) is 13.1. The van der Waals surface area contributed by atoms with Crippen LogP contribution < -0.4 is 0 Å². The Labute approximate surface area is 162 Å². The molecule has 27 heavy (non-hydrogen) atoms. The van der Waals surface area contributed by atoms with E-state index < -0.39 is 0 Å². The average Bonchev–Trinajstić information content (AvgIpc) is 3.32. The van der Waals surface area contributed by atoms with Crippen molar-refractivity contribution in [3.8, 4) is 0 Å². The summed E-state index contributed by atoms with van der Waals surface area (Å²) in [5.41, 5.74) is 1.70. The van der Waals surface area contributed by atoms with Gasteiger partial charge in [0.15, 0.2) is 17.3 Å². The fourth-order valence-corrected chi connectivity index (χ4v) is 4.36. The summed E-state index contributed by atoms with van der Waals surface area (Å²) in [6, 6.07) is 11.6. The summed E-state index contributed by atoms with van der Waals surface area (Å²) < 4.78 is 5.88. The zero-order chi connectivity index (χ0) is 18.8. The molecule has 1 aliphatic heterocycles. The van der Waals surface area contributed by atoms with Gasteiger partial charge >= 0.3 is 0 Å². The molecular weight excluding hydrogens is 360 g/mol. The highest BCUT2D eigenvalue weighted by molar-refractivity contribution is 7.14. The smallest absolute Gasteiger partial charge is 0.223 e. The third-order valence-corrected chi connectivity index (χ3v) is 6.13. The Kier molecular flexibility index (Phi) is 5.07. The summed E-state index contributed by atoms with van der Waals surface area (Å²) in [6.45, 7) is 3.36. The maximum Gasteiger partial charge on any atom is 0.223 e. The Morgan fingerprint density at radius 3 is 2.63 bits per heavy atom. The number of nitrogens with zero attached hydrogens (tertiary/aromatic N) is 2. The van der Waals surface area contributed by atoms with Gasteiger partial charge in [-0.15, -0.1) is 11.3 Å². The Morgan fingerprint density at radius 1 is 1.15 bits per heavy atom.